The van der Waals surface area contributed by atoms with Gasteiger partial charge in [-0.1, -0.05) is 6.07 Å². The summed E-state index contributed by atoms with van der Waals surface area (Å²) in [5.41, 5.74) is -0.302. The Hall–Kier alpha value is -3.18. The molecule has 0 heterocycles. The quantitative estimate of drug-likeness (QED) is 0.532. The molecule has 2 aromatic carbocycles. The van der Waals surface area contributed by atoms with Crippen LogP contribution in [0.2, 0.25) is 0 Å². The molecule has 0 atom stereocenters. The number of nitrogens with zero attached hydrogens (tertiary/aromatic N) is 1. The van der Waals surface area contributed by atoms with Gasteiger partial charge in [-0.3, -0.25) is 4.79 Å². The van der Waals surface area contributed by atoms with Gasteiger partial charge < -0.3 is 19.1 Å². The SMILES string of the molecule is COc1ccc(CN(C)C(=O)COC(=O)c2ccc(OC)c(S(=O)(=O)NC(C)(C)C)c2)cc1F. The zero-order valence-corrected chi connectivity index (χ0v) is 20.8. The Morgan fingerprint density at radius 1 is 1.03 bits per heavy atom. The lowest BCUT2D eigenvalue weighted by Gasteiger charge is -2.21. The third-order valence-corrected chi connectivity index (χ3v) is 6.30. The smallest absolute Gasteiger partial charge is 0.338 e. The van der Waals surface area contributed by atoms with E-state index >= 15 is 0 Å². The van der Waals surface area contributed by atoms with Crippen LogP contribution in [0.1, 0.15) is 36.7 Å². The Morgan fingerprint density at radius 2 is 1.65 bits per heavy atom. The summed E-state index contributed by atoms with van der Waals surface area (Å²) in [6.45, 7) is 4.54. The molecular weight excluding hydrogens is 467 g/mol. The van der Waals surface area contributed by atoms with Crippen molar-refractivity contribution >= 4 is 21.9 Å². The fourth-order valence-electron chi connectivity index (χ4n) is 2.96. The van der Waals surface area contributed by atoms with Gasteiger partial charge in [0, 0.05) is 19.1 Å². The number of nitrogens with one attached hydrogen (secondary N) is 1. The first kappa shape index (κ1) is 27.1. The molecule has 34 heavy (non-hydrogen) atoms. The third kappa shape index (κ3) is 7.16. The number of rotatable bonds is 9. The summed E-state index contributed by atoms with van der Waals surface area (Å²) in [5, 5.41) is 0. The van der Waals surface area contributed by atoms with Crippen LogP contribution in [0.3, 0.4) is 0 Å². The number of amides is 1. The van der Waals surface area contributed by atoms with Gasteiger partial charge in [0.05, 0.1) is 19.8 Å². The summed E-state index contributed by atoms with van der Waals surface area (Å²) in [6.07, 6.45) is 0. The van der Waals surface area contributed by atoms with Crippen molar-refractivity contribution in [2.75, 3.05) is 27.9 Å². The fraction of sp³-hybridized carbons (Fsp3) is 0.391. The molecule has 0 saturated heterocycles. The number of likely N-dealkylation sites (N-methyl/N-ethyl adjacent to an activating group) is 1. The monoisotopic (exact) mass is 496 g/mol. The zero-order chi connectivity index (χ0) is 25.7. The number of halogens is 1. The number of benzene rings is 2. The van der Waals surface area contributed by atoms with E-state index in [2.05, 4.69) is 4.72 Å². The first-order chi connectivity index (χ1) is 15.8. The molecule has 0 unspecified atom stereocenters. The van der Waals surface area contributed by atoms with Crippen molar-refractivity contribution in [3.63, 3.8) is 0 Å². The predicted molar refractivity (Wildman–Crippen MR) is 123 cm³/mol. The predicted octanol–water partition coefficient (Wildman–Crippen LogP) is 2.74. The largest absolute Gasteiger partial charge is 0.495 e. The van der Waals surface area contributed by atoms with Gasteiger partial charge >= 0.3 is 5.97 Å². The second-order valence-electron chi connectivity index (χ2n) is 8.52. The highest BCUT2D eigenvalue weighted by atomic mass is 32.2. The summed E-state index contributed by atoms with van der Waals surface area (Å²) in [4.78, 5) is 25.9. The van der Waals surface area contributed by atoms with Gasteiger partial charge in [0.25, 0.3) is 5.91 Å². The van der Waals surface area contributed by atoms with Crippen LogP contribution in [0, 0.1) is 5.82 Å². The lowest BCUT2D eigenvalue weighted by molar-refractivity contribution is -0.133. The normalized spacial score (nSPS) is 11.6. The maximum absolute atomic E-state index is 13.9. The van der Waals surface area contributed by atoms with E-state index in [1.54, 1.807) is 26.8 Å². The Balaban J connectivity index is 2.09. The third-order valence-electron chi connectivity index (χ3n) is 4.52. The van der Waals surface area contributed by atoms with E-state index in [0.717, 1.165) is 6.07 Å². The molecule has 0 aliphatic carbocycles. The number of ether oxygens (including phenoxy) is 3. The molecule has 2 rings (SSSR count). The van der Waals surface area contributed by atoms with Gasteiger partial charge in [0.2, 0.25) is 10.0 Å². The summed E-state index contributed by atoms with van der Waals surface area (Å²) in [6, 6.07) is 8.12. The molecule has 9 nitrogen and oxygen atoms in total. The molecular formula is C23H29FN2O7S. The highest BCUT2D eigenvalue weighted by Gasteiger charge is 2.27. The standard InChI is InChI=1S/C23H29FN2O7S/c1-23(2,3)25-34(29,30)20-12-16(8-10-19(20)32-6)22(28)33-14-21(27)26(4)13-15-7-9-18(31-5)17(24)11-15/h7-12,25H,13-14H2,1-6H3. The number of hydrogen-bond acceptors (Lipinski definition) is 7. The Bertz CT molecular complexity index is 1160. The molecule has 0 spiro atoms. The van der Waals surface area contributed by atoms with E-state index < -0.39 is 39.9 Å². The van der Waals surface area contributed by atoms with Gasteiger partial charge in [0.15, 0.2) is 18.2 Å². The van der Waals surface area contributed by atoms with Gasteiger partial charge in [-0.05, 0) is 56.7 Å². The maximum Gasteiger partial charge on any atom is 0.338 e. The number of sulfonamides is 1. The van der Waals surface area contributed by atoms with E-state index in [4.69, 9.17) is 14.2 Å². The van der Waals surface area contributed by atoms with Gasteiger partial charge in [-0.15, -0.1) is 0 Å². The van der Waals surface area contributed by atoms with Crippen molar-refractivity contribution in [2.24, 2.45) is 0 Å². The van der Waals surface area contributed by atoms with Crippen molar-refractivity contribution in [1.29, 1.82) is 0 Å². The molecule has 186 valence electrons. The average Bonchev–Trinajstić information content (AvgIpc) is 2.75. The zero-order valence-electron chi connectivity index (χ0n) is 20.0. The van der Waals surface area contributed by atoms with Crippen LogP contribution in [0.5, 0.6) is 11.5 Å². The van der Waals surface area contributed by atoms with Crippen LogP contribution in [0.4, 0.5) is 4.39 Å². The summed E-state index contributed by atoms with van der Waals surface area (Å²) in [5.74, 6) is -1.83. The van der Waals surface area contributed by atoms with Crippen LogP contribution < -0.4 is 14.2 Å². The molecule has 1 amide bonds. The van der Waals surface area contributed by atoms with Crippen molar-refractivity contribution < 1.29 is 36.6 Å². The second-order valence-corrected chi connectivity index (χ2v) is 10.2. The molecule has 0 saturated carbocycles. The molecule has 0 aliphatic heterocycles. The maximum atomic E-state index is 13.9. The average molecular weight is 497 g/mol. The van der Waals surface area contributed by atoms with Gasteiger partial charge in [-0.25, -0.2) is 22.3 Å². The molecule has 0 aromatic heterocycles. The Labute approximate surface area is 198 Å². The van der Waals surface area contributed by atoms with Crippen molar-refractivity contribution in [1.82, 2.24) is 9.62 Å². The minimum absolute atomic E-state index is 0.0517. The number of hydrogen-bond donors (Lipinski definition) is 1. The number of carbonyl (C=O) groups excluding carboxylic acids is 2. The molecule has 2 aromatic rings. The summed E-state index contributed by atoms with van der Waals surface area (Å²) >= 11 is 0. The molecule has 0 radical (unpaired) electrons. The van der Waals surface area contributed by atoms with Crippen molar-refractivity contribution in [2.45, 2.75) is 37.8 Å². The fourth-order valence-corrected chi connectivity index (χ4v) is 4.58. The topological polar surface area (TPSA) is 111 Å². The number of carbonyl (C=O) groups is 2. The van der Waals surface area contributed by atoms with Crippen LogP contribution in [-0.4, -0.2) is 58.6 Å². The van der Waals surface area contributed by atoms with Crippen molar-refractivity contribution in [3.05, 3.63) is 53.3 Å². The number of esters is 1. The highest BCUT2D eigenvalue weighted by Crippen LogP contribution is 2.26. The van der Waals surface area contributed by atoms with E-state index in [0.29, 0.717) is 5.56 Å². The highest BCUT2D eigenvalue weighted by molar-refractivity contribution is 7.89. The minimum Gasteiger partial charge on any atom is -0.495 e. The molecule has 0 fully saturated rings. The van der Waals surface area contributed by atoms with E-state index in [1.807, 2.05) is 0 Å². The van der Waals surface area contributed by atoms with E-state index in [9.17, 15) is 22.4 Å². The van der Waals surface area contributed by atoms with E-state index in [-0.39, 0.29) is 28.5 Å². The Morgan fingerprint density at radius 3 is 2.21 bits per heavy atom. The van der Waals surface area contributed by atoms with Crippen LogP contribution >= 0.6 is 0 Å². The lowest BCUT2D eigenvalue weighted by Crippen LogP contribution is -2.40. The molecule has 11 heteroatoms. The van der Waals surface area contributed by atoms with Crippen LogP contribution in [-0.2, 0) is 26.1 Å². The first-order valence-corrected chi connectivity index (χ1v) is 11.7. The van der Waals surface area contributed by atoms with Crippen LogP contribution in [0.25, 0.3) is 0 Å². The summed E-state index contributed by atoms with van der Waals surface area (Å²) in [7, 11) is 0.142. The molecule has 0 aliphatic rings. The van der Waals surface area contributed by atoms with Gasteiger partial charge in [-0.2, -0.15) is 0 Å². The van der Waals surface area contributed by atoms with Gasteiger partial charge in [0.1, 0.15) is 10.6 Å². The molecule has 0 bridgehead atoms. The summed E-state index contributed by atoms with van der Waals surface area (Å²) < 4.78 is 56.9. The first-order valence-electron chi connectivity index (χ1n) is 10.2. The molecule has 1 N–H and O–H groups in total. The van der Waals surface area contributed by atoms with Crippen LogP contribution in [0.15, 0.2) is 41.3 Å². The second kappa shape index (κ2) is 10.8. The van der Waals surface area contributed by atoms with Crippen molar-refractivity contribution in [3.8, 4) is 11.5 Å². The Kier molecular flexibility index (Phi) is 8.62. The number of methoxy groups -OCH3 is 2. The van der Waals surface area contributed by atoms with E-state index in [1.165, 1.54) is 50.4 Å². The lowest BCUT2D eigenvalue weighted by atomic mass is 10.1. The minimum atomic E-state index is -4.00.